The van der Waals surface area contributed by atoms with Crippen molar-refractivity contribution in [2.75, 3.05) is 6.54 Å². The van der Waals surface area contributed by atoms with E-state index in [0.717, 1.165) is 31.1 Å². The largest absolute Gasteiger partial charge is 0.362 e. The lowest BCUT2D eigenvalue weighted by Gasteiger charge is -2.26. The monoisotopic (exact) mass is 266 g/mol. The summed E-state index contributed by atoms with van der Waals surface area (Å²) in [4.78, 5) is 8.68. The molecule has 0 amide bonds. The Bertz CT molecular complexity index is 362. The van der Waals surface area contributed by atoms with E-state index in [9.17, 15) is 0 Å². The number of rotatable bonds is 5. The van der Waals surface area contributed by atoms with Crippen LogP contribution in [0.5, 0.6) is 0 Å². The van der Waals surface area contributed by atoms with E-state index in [2.05, 4.69) is 33.7 Å². The summed E-state index contributed by atoms with van der Waals surface area (Å²) >= 11 is 1.87. The van der Waals surface area contributed by atoms with Crippen LogP contribution in [0.3, 0.4) is 0 Å². The van der Waals surface area contributed by atoms with E-state index in [1.165, 1.54) is 6.42 Å². The number of nitrogens with zero attached hydrogens (tertiary/aromatic N) is 3. The number of hydrogen-bond donors (Lipinski definition) is 1. The average molecular weight is 266 g/mol. The van der Waals surface area contributed by atoms with Gasteiger partial charge < -0.3 is 9.88 Å². The van der Waals surface area contributed by atoms with E-state index in [1.807, 2.05) is 30.5 Å². The molecule has 18 heavy (non-hydrogen) atoms. The minimum atomic E-state index is 0.561. The summed E-state index contributed by atoms with van der Waals surface area (Å²) in [5.74, 6) is 0. The second-order valence-corrected chi connectivity index (χ2v) is 6.33. The Morgan fingerprint density at radius 2 is 2.39 bits per heavy atom. The molecule has 1 aliphatic rings. The zero-order valence-corrected chi connectivity index (χ0v) is 12.0. The van der Waals surface area contributed by atoms with E-state index >= 15 is 0 Å². The lowest BCUT2D eigenvalue weighted by Crippen LogP contribution is -2.38. The third-order valence-electron chi connectivity index (χ3n) is 3.01. The van der Waals surface area contributed by atoms with Gasteiger partial charge in [0.2, 0.25) is 0 Å². The van der Waals surface area contributed by atoms with Crippen molar-refractivity contribution in [1.29, 1.82) is 0 Å². The molecule has 1 aromatic rings. The van der Waals surface area contributed by atoms with Gasteiger partial charge in [-0.05, 0) is 26.2 Å². The zero-order chi connectivity index (χ0) is 12.8. The number of thioether (sulfide) groups is 1. The minimum absolute atomic E-state index is 0.561. The first-order valence-corrected chi connectivity index (χ1v) is 7.55. The van der Waals surface area contributed by atoms with Gasteiger partial charge in [-0.1, -0.05) is 18.7 Å². The summed E-state index contributed by atoms with van der Waals surface area (Å²) in [5.41, 5.74) is 0. The highest BCUT2D eigenvalue weighted by atomic mass is 32.2. The van der Waals surface area contributed by atoms with E-state index in [-0.39, 0.29) is 0 Å². The number of amidine groups is 1. The van der Waals surface area contributed by atoms with Crippen LogP contribution in [0.2, 0.25) is 0 Å². The van der Waals surface area contributed by atoms with Gasteiger partial charge in [0.25, 0.3) is 0 Å². The smallest absolute Gasteiger partial charge is 0.157 e. The van der Waals surface area contributed by atoms with Crippen molar-refractivity contribution in [3.8, 4) is 0 Å². The van der Waals surface area contributed by atoms with Crippen LogP contribution in [-0.4, -0.2) is 32.6 Å². The van der Waals surface area contributed by atoms with Gasteiger partial charge in [0.05, 0.1) is 6.33 Å². The SMILES string of the molecule is CC1CC(C)SC(=NCCCCn2ccnc2)N1. The van der Waals surface area contributed by atoms with Gasteiger partial charge in [-0.15, -0.1) is 0 Å². The van der Waals surface area contributed by atoms with E-state index in [1.54, 1.807) is 0 Å². The van der Waals surface area contributed by atoms with Crippen LogP contribution in [0, 0.1) is 0 Å². The Morgan fingerprint density at radius 1 is 1.50 bits per heavy atom. The molecule has 2 heterocycles. The maximum absolute atomic E-state index is 4.65. The van der Waals surface area contributed by atoms with Gasteiger partial charge in [0, 0.05) is 36.8 Å². The normalized spacial score (nSPS) is 26.2. The molecule has 1 aromatic heterocycles. The van der Waals surface area contributed by atoms with Crippen molar-refractivity contribution in [1.82, 2.24) is 14.9 Å². The summed E-state index contributed by atoms with van der Waals surface area (Å²) in [6.07, 6.45) is 9.22. The van der Waals surface area contributed by atoms with Crippen LogP contribution >= 0.6 is 11.8 Å². The summed E-state index contributed by atoms with van der Waals surface area (Å²) < 4.78 is 2.12. The highest BCUT2D eigenvalue weighted by Gasteiger charge is 2.19. The lowest BCUT2D eigenvalue weighted by atomic mass is 10.2. The third-order valence-corrected chi connectivity index (χ3v) is 4.07. The van der Waals surface area contributed by atoms with Gasteiger partial charge in [-0.25, -0.2) is 4.98 Å². The summed E-state index contributed by atoms with van der Waals surface area (Å²) in [6.45, 7) is 6.46. The van der Waals surface area contributed by atoms with Crippen LogP contribution < -0.4 is 5.32 Å². The van der Waals surface area contributed by atoms with Crippen molar-refractivity contribution in [2.45, 2.75) is 50.9 Å². The molecule has 0 radical (unpaired) electrons. The van der Waals surface area contributed by atoms with Crippen LogP contribution in [0.25, 0.3) is 0 Å². The predicted molar refractivity (Wildman–Crippen MR) is 78.0 cm³/mol. The van der Waals surface area contributed by atoms with Gasteiger partial charge in [0.15, 0.2) is 5.17 Å². The maximum atomic E-state index is 4.65. The topological polar surface area (TPSA) is 42.2 Å². The Kier molecular flexibility index (Phi) is 5.11. The van der Waals surface area contributed by atoms with Crippen LogP contribution in [0.1, 0.15) is 33.1 Å². The molecular weight excluding hydrogens is 244 g/mol. The molecule has 1 N–H and O–H groups in total. The summed E-state index contributed by atoms with van der Waals surface area (Å²) in [6, 6.07) is 0.561. The van der Waals surface area contributed by atoms with Crippen molar-refractivity contribution in [3.63, 3.8) is 0 Å². The number of aliphatic imine (C=N–C) groups is 1. The molecule has 1 aliphatic heterocycles. The Morgan fingerprint density at radius 3 is 3.11 bits per heavy atom. The second-order valence-electron chi connectivity index (χ2n) is 4.90. The standard InChI is InChI=1S/C13H22N4S/c1-11-9-12(2)18-13(16-11)15-5-3-4-7-17-8-6-14-10-17/h6,8,10-12H,3-5,7,9H2,1-2H3,(H,15,16). The molecule has 0 aliphatic carbocycles. The highest BCUT2D eigenvalue weighted by Crippen LogP contribution is 2.22. The Balaban J connectivity index is 1.64. The first kappa shape index (κ1) is 13.5. The fourth-order valence-electron chi connectivity index (χ4n) is 2.13. The van der Waals surface area contributed by atoms with Crippen molar-refractivity contribution < 1.29 is 0 Å². The molecule has 1 saturated heterocycles. The number of nitrogens with one attached hydrogen (secondary N) is 1. The average Bonchev–Trinajstić information content (AvgIpc) is 2.80. The summed E-state index contributed by atoms with van der Waals surface area (Å²) in [7, 11) is 0. The molecule has 1 fully saturated rings. The molecule has 5 heteroatoms. The summed E-state index contributed by atoms with van der Waals surface area (Å²) in [5, 5.41) is 5.26. The molecule has 0 saturated carbocycles. The first-order valence-electron chi connectivity index (χ1n) is 6.67. The molecule has 100 valence electrons. The molecule has 0 aromatic carbocycles. The molecule has 0 bridgehead atoms. The number of imidazole rings is 1. The lowest BCUT2D eigenvalue weighted by molar-refractivity contribution is 0.592. The van der Waals surface area contributed by atoms with Crippen molar-refractivity contribution in [2.24, 2.45) is 4.99 Å². The molecule has 2 unspecified atom stereocenters. The fraction of sp³-hybridized carbons (Fsp3) is 0.692. The number of unbranched alkanes of at least 4 members (excludes halogenated alkanes) is 1. The molecule has 2 atom stereocenters. The number of aromatic nitrogens is 2. The number of aryl methyl sites for hydroxylation is 1. The van der Waals surface area contributed by atoms with Gasteiger partial charge in [0.1, 0.15) is 0 Å². The van der Waals surface area contributed by atoms with Crippen LogP contribution in [-0.2, 0) is 6.54 Å². The molecule has 0 spiro atoms. The van der Waals surface area contributed by atoms with E-state index in [4.69, 9.17) is 0 Å². The molecule has 2 rings (SSSR count). The van der Waals surface area contributed by atoms with Crippen molar-refractivity contribution >= 4 is 16.9 Å². The van der Waals surface area contributed by atoms with Gasteiger partial charge >= 0.3 is 0 Å². The Labute approximate surface area is 113 Å². The molecular formula is C13H22N4S. The van der Waals surface area contributed by atoms with E-state index < -0.39 is 0 Å². The quantitative estimate of drug-likeness (QED) is 0.833. The Hall–Kier alpha value is -0.970. The maximum Gasteiger partial charge on any atom is 0.157 e. The van der Waals surface area contributed by atoms with Gasteiger partial charge in [-0.3, -0.25) is 4.99 Å². The van der Waals surface area contributed by atoms with Crippen molar-refractivity contribution in [3.05, 3.63) is 18.7 Å². The third kappa shape index (κ3) is 4.37. The van der Waals surface area contributed by atoms with E-state index in [0.29, 0.717) is 11.3 Å². The second kappa shape index (κ2) is 6.83. The van der Waals surface area contributed by atoms with Crippen LogP contribution in [0.15, 0.2) is 23.7 Å². The highest BCUT2D eigenvalue weighted by molar-refractivity contribution is 8.14. The van der Waals surface area contributed by atoms with Crippen LogP contribution in [0.4, 0.5) is 0 Å². The molecule has 4 nitrogen and oxygen atoms in total. The predicted octanol–water partition coefficient (Wildman–Crippen LogP) is 2.52. The zero-order valence-electron chi connectivity index (χ0n) is 11.2. The fourth-order valence-corrected chi connectivity index (χ4v) is 3.33. The first-order chi connectivity index (χ1) is 8.74. The number of hydrogen-bond acceptors (Lipinski definition) is 3. The van der Waals surface area contributed by atoms with Gasteiger partial charge in [-0.2, -0.15) is 0 Å². The minimum Gasteiger partial charge on any atom is -0.362 e.